The zero-order valence-corrected chi connectivity index (χ0v) is 15.0. The lowest BCUT2D eigenvalue weighted by atomic mass is 9.81. The van der Waals surface area contributed by atoms with Gasteiger partial charge in [0.05, 0.1) is 0 Å². The molecule has 0 atom stereocenters. The molecule has 1 rings (SSSR count). The Balaban J connectivity index is 1.61. The number of hydrogen-bond donors (Lipinski definition) is 1. The Morgan fingerprint density at radius 1 is 0.667 bits per heavy atom. The third kappa shape index (κ3) is 12.5. The Morgan fingerprint density at radius 2 is 1.19 bits per heavy atom. The number of thioether (sulfide) groups is 1. The van der Waals surface area contributed by atoms with Gasteiger partial charge in [-0.05, 0) is 30.3 Å². The van der Waals surface area contributed by atoms with Gasteiger partial charge in [0.1, 0.15) is 0 Å². The van der Waals surface area contributed by atoms with Crippen LogP contribution >= 0.6 is 11.8 Å². The third-order valence-corrected chi connectivity index (χ3v) is 5.98. The van der Waals surface area contributed by atoms with Gasteiger partial charge in [0.25, 0.3) is 0 Å². The molecule has 0 aliphatic heterocycles. The van der Waals surface area contributed by atoms with Crippen LogP contribution in [0.4, 0.5) is 0 Å². The van der Waals surface area contributed by atoms with Crippen molar-refractivity contribution in [3.63, 3.8) is 0 Å². The predicted octanol–water partition coefficient (Wildman–Crippen LogP) is 6.19. The van der Waals surface area contributed by atoms with Crippen molar-refractivity contribution in [1.82, 2.24) is 0 Å². The SMILES string of the molecule is OCCCSCCCCCCCCCCCCC1CCC1. The van der Waals surface area contributed by atoms with E-state index in [2.05, 4.69) is 0 Å². The van der Waals surface area contributed by atoms with Crippen LogP contribution < -0.4 is 0 Å². The summed E-state index contributed by atoms with van der Waals surface area (Å²) in [6.45, 7) is 0.355. The Bertz CT molecular complexity index is 204. The monoisotopic (exact) mass is 314 g/mol. The standard InChI is InChI=1S/C19H38OS/c20-16-12-18-21-17-10-8-6-4-2-1-3-5-7-9-13-19-14-11-15-19/h19-20H,1-18H2. The summed E-state index contributed by atoms with van der Waals surface area (Å²) in [7, 11) is 0. The molecule has 0 aromatic heterocycles. The van der Waals surface area contributed by atoms with E-state index in [1.54, 1.807) is 0 Å². The molecule has 0 saturated heterocycles. The minimum absolute atomic E-state index is 0.355. The fraction of sp³-hybridized carbons (Fsp3) is 1.00. The number of hydrogen-bond acceptors (Lipinski definition) is 2. The van der Waals surface area contributed by atoms with Gasteiger partial charge in [0.2, 0.25) is 0 Å². The minimum atomic E-state index is 0.355. The van der Waals surface area contributed by atoms with Gasteiger partial charge in [0, 0.05) is 6.61 Å². The second kappa shape index (κ2) is 15.2. The highest BCUT2D eigenvalue weighted by Gasteiger charge is 2.15. The minimum Gasteiger partial charge on any atom is -0.396 e. The molecule has 1 nitrogen and oxygen atoms in total. The number of unbranched alkanes of at least 4 members (excludes halogenated alkanes) is 9. The summed E-state index contributed by atoms with van der Waals surface area (Å²) in [6.07, 6.45) is 21.6. The van der Waals surface area contributed by atoms with Crippen molar-refractivity contribution in [3.05, 3.63) is 0 Å². The van der Waals surface area contributed by atoms with E-state index in [9.17, 15) is 0 Å². The lowest BCUT2D eigenvalue weighted by Gasteiger charge is -2.24. The van der Waals surface area contributed by atoms with Crippen LogP contribution in [0.15, 0.2) is 0 Å². The third-order valence-electron chi connectivity index (χ3n) is 4.82. The summed E-state index contributed by atoms with van der Waals surface area (Å²) in [5.74, 6) is 3.55. The Kier molecular flexibility index (Phi) is 14.0. The van der Waals surface area contributed by atoms with E-state index in [4.69, 9.17) is 5.11 Å². The van der Waals surface area contributed by atoms with E-state index in [1.165, 1.54) is 95.6 Å². The van der Waals surface area contributed by atoms with Gasteiger partial charge in [-0.2, -0.15) is 11.8 Å². The molecule has 0 spiro atoms. The molecule has 1 saturated carbocycles. The first kappa shape index (κ1) is 19.4. The summed E-state index contributed by atoms with van der Waals surface area (Å²) in [5.41, 5.74) is 0. The van der Waals surface area contributed by atoms with Gasteiger partial charge in [-0.3, -0.25) is 0 Å². The van der Waals surface area contributed by atoms with Crippen molar-refractivity contribution in [2.24, 2.45) is 5.92 Å². The fourth-order valence-electron chi connectivity index (χ4n) is 3.10. The number of aliphatic hydroxyl groups is 1. The average molecular weight is 315 g/mol. The molecule has 0 aromatic rings. The molecular weight excluding hydrogens is 276 g/mol. The summed E-state index contributed by atoms with van der Waals surface area (Å²) in [5, 5.41) is 8.68. The van der Waals surface area contributed by atoms with E-state index in [0.717, 1.165) is 18.1 Å². The summed E-state index contributed by atoms with van der Waals surface area (Å²) in [4.78, 5) is 0. The molecule has 2 heteroatoms. The molecule has 1 aliphatic carbocycles. The van der Waals surface area contributed by atoms with Crippen LogP contribution in [-0.4, -0.2) is 23.2 Å². The zero-order valence-electron chi connectivity index (χ0n) is 14.2. The molecule has 0 unspecified atom stereocenters. The Morgan fingerprint density at radius 3 is 1.71 bits per heavy atom. The molecule has 1 N–H and O–H groups in total. The lowest BCUT2D eigenvalue weighted by Crippen LogP contribution is -2.10. The maximum absolute atomic E-state index is 8.68. The van der Waals surface area contributed by atoms with Gasteiger partial charge in [-0.1, -0.05) is 83.5 Å². The summed E-state index contributed by atoms with van der Waals surface area (Å²) < 4.78 is 0. The number of rotatable bonds is 16. The zero-order chi connectivity index (χ0) is 15.0. The molecule has 1 aliphatic rings. The lowest BCUT2D eigenvalue weighted by molar-refractivity contribution is 0.286. The molecule has 1 fully saturated rings. The molecule has 126 valence electrons. The summed E-state index contributed by atoms with van der Waals surface area (Å²) >= 11 is 2.00. The average Bonchev–Trinajstić information content (AvgIpc) is 2.45. The maximum atomic E-state index is 8.68. The smallest absolute Gasteiger partial charge is 0.0438 e. The molecule has 0 aromatic carbocycles. The normalized spacial score (nSPS) is 15.3. The first-order valence-electron chi connectivity index (χ1n) is 9.62. The van der Waals surface area contributed by atoms with Crippen molar-refractivity contribution in [2.45, 2.75) is 96.3 Å². The quantitative estimate of drug-likeness (QED) is 0.343. The van der Waals surface area contributed by atoms with Crippen LogP contribution in [-0.2, 0) is 0 Å². The molecule has 0 heterocycles. The first-order valence-corrected chi connectivity index (χ1v) is 10.8. The fourth-order valence-corrected chi connectivity index (χ4v) is 4.05. The Hall–Kier alpha value is 0.310. The van der Waals surface area contributed by atoms with Crippen molar-refractivity contribution in [2.75, 3.05) is 18.1 Å². The first-order chi connectivity index (χ1) is 10.4. The van der Waals surface area contributed by atoms with Crippen molar-refractivity contribution in [1.29, 1.82) is 0 Å². The van der Waals surface area contributed by atoms with E-state index in [1.807, 2.05) is 11.8 Å². The molecule has 0 radical (unpaired) electrons. The van der Waals surface area contributed by atoms with Crippen LogP contribution in [0.1, 0.15) is 96.3 Å². The van der Waals surface area contributed by atoms with Crippen molar-refractivity contribution in [3.8, 4) is 0 Å². The molecule has 0 amide bonds. The molecular formula is C19H38OS. The highest BCUT2D eigenvalue weighted by Crippen LogP contribution is 2.31. The molecule has 0 bridgehead atoms. The largest absolute Gasteiger partial charge is 0.396 e. The van der Waals surface area contributed by atoms with E-state index in [0.29, 0.717) is 6.61 Å². The van der Waals surface area contributed by atoms with Gasteiger partial charge in [-0.25, -0.2) is 0 Å². The van der Waals surface area contributed by atoms with Crippen molar-refractivity contribution >= 4 is 11.8 Å². The van der Waals surface area contributed by atoms with Gasteiger partial charge >= 0.3 is 0 Å². The predicted molar refractivity (Wildman–Crippen MR) is 97.2 cm³/mol. The van der Waals surface area contributed by atoms with Crippen LogP contribution in [0, 0.1) is 5.92 Å². The van der Waals surface area contributed by atoms with Gasteiger partial charge in [-0.15, -0.1) is 0 Å². The Labute approximate surface area is 137 Å². The summed E-state index contributed by atoms with van der Waals surface area (Å²) in [6, 6.07) is 0. The molecule has 21 heavy (non-hydrogen) atoms. The van der Waals surface area contributed by atoms with E-state index < -0.39 is 0 Å². The van der Waals surface area contributed by atoms with Gasteiger partial charge < -0.3 is 5.11 Å². The number of aliphatic hydroxyl groups excluding tert-OH is 1. The van der Waals surface area contributed by atoms with Crippen LogP contribution in [0.3, 0.4) is 0 Å². The van der Waals surface area contributed by atoms with Crippen LogP contribution in [0.2, 0.25) is 0 Å². The maximum Gasteiger partial charge on any atom is 0.0438 e. The second-order valence-electron chi connectivity index (χ2n) is 6.81. The van der Waals surface area contributed by atoms with Crippen LogP contribution in [0.25, 0.3) is 0 Å². The topological polar surface area (TPSA) is 20.2 Å². The van der Waals surface area contributed by atoms with Crippen LogP contribution in [0.5, 0.6) is 0 Å². The highest BCUT2D eigenvalue weighted by molar-refractivity contribution is 7.99. The second-order valence-corrected chi connectivity index (χ2v) is 8.04. The van der Waals surface area contributed by atoms with Gasteiger partial charge in [0.15, 0.2) is 0 Å². The van der Waals surface area contributed by atoms with E-state index in [-0.39, 0.29) is 0 Å². The van der Waals surface area contributed by atoms with Crippen molar-refractivity contribution < 1.29 is 5.11 Å². The highest BCUT2D eigenvalue weighted by atomic mass is 32.2. The van der Waals surface area contributed by atoms with E-state index >= 15 is 0 Å².